The highest BCUT2D eigenvalue weighted by Crippen LogP contribution is 2.22. The first-order valence-electron chi connectivity index (χ1n) is 12.4. The molecule has 1 fully saturated rings. The van der Waals surface area contributed by atoms with Gasteiger partial charge in [0, 0.05) is 55.4 Å². The van der Waals surface area contributed by atoms with Crippen LogP contribution in [0.1, 0.15) is 36.8 Å². The van der Waals surface area contributed by atoms with Gasteiger partial charge in [-0.25, -0.2) is 23.8 Å². The van der Waals surface area contributed by atoms with E-state index in [0.29, 0.717) is 43.0 Å². The van der Waals surface area contributed by atoms with Gasteiger partial charge in [-0.05, 0) is 39.3 Å². The van der Waals surface area contributed by atoms with Crippen LogP contribution in [0.5, 0.6) is 0 Å². The summed E-state index contributed by atoms with van der Waals surface area (Å²) in [5, 5.41) is 17.3. The molecule has 0 saturated carbocycles. The SMILES string of the molecule is Cc1cc(Nc2cc(C)[nH]n2)nc(N2CCN(C(=O)N[C@@H](C)c3ccc(-n4cc(F)cn4)nc3)C[C@H]2C)n1. The topological polar surface area (TPSA) is 133 Å². The van der Waals surface area contributed by atoms with Gasteiger partial charge in [-0.1, -0.05) is 6.07 Å². The van der Waals surface area contributed by atoms with Gasteiger partial charge in [-0.3, -0.25) is 5.10 Å². The summed E-state index contributed by atoms with van der Waals surface area (Å²) in [5.41, 5.74) is 2.63. The second-order valence-corrected chi connectivity index (χ2v) is 9.47. The van der Waals surface area contributed by atoms with Crippen molar-refractivity contribution in [3.8, 4) is 5.82 Å². The molecule has 38 heavy (non-hydrogen) atoms. The molecule has 2 amide bonds. The van der Waals surface area contributed by atoms with Gasteiger partial charge in [0.05, 0.1) is 18.4 Å². The summed E-state index contributed by atoms with van der Waals surface area (Å²) in [6.45, 7) is 9.48. The number of hydrogen-bond donors (Lipinski definition) is 3. The molecular formula is C25H30FN11O. The molecule has 0 aliphatic carbocycles. The predicted octanol–water partition coefficient (Wildman–Crippen LogP) is 3.26. The zero-order chi connectivity index (χ0) is 26.8. The number of H-pyrrole nitrogens is 1. The third kappa shape index (κ3) is 5.56. The Labute approximate surface area is 219 Å². The maximum absolute atomic E-state index is 13.2. The summed E-state index contributed by atoms with van der Waals surface area (Å²) in [4.78, 5) is 30.6. The Morgan fingerprint density at radius 1 is 1.16 bits per heavy atom. The Morgan fingerprint density at radius 2 is 2.00 bits per heavy atom. The van der Waals surface area contributed by atoms with Gasteiger partial charge in [-0.2, -0.15) is 15.2 Å². The first kappa shape index (κ1) is 25.1. The van der Waals surface area contributed by atoms with E-state index in [1.54, 1.807) is 17.2 Å². The molecule has 0 spiro atoms. The van der Waals surface area contributed by atoms with Crippen molar-refractivity contribution in [1.29, 1.82) is 0 Å². The number of anilines is 3. The van der Waals surface area contributed by atoms with Crippen molar-refractivity contribution in [1.82, 2.24) is 45.1 Å². The lowest BCUT2D eigenvalue weighted by molar-refractivity contribution is 0.183. The van der Waals surface area contributed by atoms with Crippen LogP contribution in [0.4, 0.5) is 26.8 Å². The minimum absolute atomic E-state index is 0.0162. The molecule has 0 radical (unpaired) electrons. The summed E-state index contributed by atoms with van der Waals surface area (Å²) < 4.78 is 14.6. The van der Waals surface area contributed by atoms with Crippen LogP contribution in [0.3, 0.4) is 0 Å². The minimum atomic E-state index is -0.430. The van der Waals surface area contributed by atoms with Crippen LogP contribution < -0.4 is 15.5 Å². The van der Waals surface area contributed by atoms with E-state index in [1.165, 1.54) is 10.9 Å². The van der Waals surface area contributed by atoms with Crippen molar-refractivity contribution in [2.24, 2.45) is 0 Å². The Morgan fingerprint density at radius 3 is 2.66 bits per heavy atom. The quantitative estimate of drug-likeness (QED) is 0.354. The fourth-order valence-corrected chi connectivity index (χ4v) is 4.37. The zero-order valence-electron chi connectivity index (χ0n) is 21.7. The van der Waals surface area contributed by atoms with E-state index in [4.69, 9.17) is 4.98 Å². The number of halogens is 1. The Balaban J connectivity index is 1.19. The van der Waals surface area contributed by atoms with Crippen LogP contribution in [0.25, 0.3) is 5.82 Å². The van der Waals surface area contributed by atoms with Gasteiger partial charge in [0.2, 0.25) is 5.95 Å². The molecule has 3 N–H and O–H groups in total. The van der Waals surface area contributed by atoms with Gasteiger partial charge >= 0.3 is 6.03 Å². The lowest BCUT2D eigenvalue weighted by Crippen LogP contribution is -2.56. The van der Waals surface area contributed by atoms with Gasteiger partial charge in [-0.15, -0.1) is 0 Å². The van der Waals surface area contributed by atoms with E-state index in [2.05, 4.69) is 47.7 Å². The van der Waals surface area contributed by atoms with Crippen molar-refractivity contribution in [2.75, 3.05) is 29.9 Å². The number of nitrogens with one attached hydrogen (secondary N) is 3. The molecule has 5 rings (SSSR count). The molecule has 0 aromatic carbocycles. The van der Waals surface area contributed by atoms with E-state index < -0.39 is 5.82 Å². The van der Waals surface area contributed by atoms with E-state index in [9.17, 15) is 9.18 Å². The largest absolute Gasteiger partial charge is 0.334 e. The number of nitrogens with zero attached hydrogens (tertiary/aromatic N) is 8. The lowest BCUT2D eigenvalue weighted by atomic mass is 10.1. The second kappa shape index (κ2) is 10.4. The van der Waals surface area contributed by atoms with Crippen LogP contribution in [0.15, 0.2) is 42.9 Å². The fourth-order valence-electron chi connectivity index (χ4n) is 4.37. The monoisotopic (exact) mass is 519 g/mol. The van der Waals surface area contributed by atoms with Gasteiger partial charge in [0.25, 0.3) is 0 Å². The smallest absolute Gasteiger partial charge is 0.318 e. The van der Waals surface area contributed by atoms with Crippen LogP contribution in [0, 0.1) is 19.7 Å². The summed E-state index contributed by atoms with van der Waals surface area (Å²) in [6.07, 6.45) is 4.04. The van der Waals surface area contributed by atoms with Crippen molar-refractivity contribution >= 4 is 23.6 Å². The number of piperazine rings is 1. The maximum Gasteiger partial charge on any atom is 0.318 e. The number of aromatic nitrogens is 7. The minimum Gasteiger partial charge on any atom is -0.334 e. The third-order valence-corrected chi connectivity index (χ3v) is 6.37. The summed E-state index contributed by atoms with van der Waals surface area (Å²) in [6, 6.07) is 6.97. The number of aromatic amines is 1. The highest BCUT2D eigenvalue weighted by molar-refractivity contribution is 5.75. The average molecular weight is 520 g/mol. The van der Waals surface area contributed by atoms with Gasteiger partial charge in [0.15, 0.2) is 17.5 Å². The number of carbonyl (C=O) groups is 1. The van der Waals surface area contributed by atoms with Gasteiger partial charge < -0.3 is 20.4 Å². The second-order valence-electron chi connectivity index (χ2n) is 9.47. The van der Waals surface area contributed by atoms with Crippen LogP contribution in [-0.2, 0) is 0 Å². The average Bonchev–Trinajstić information content (AvgIpc) is 3.51. The van der Waals surface area contributed by atoms with E-state index in [1.807, 2.05) is 39.0 Å². The number of carbonyl (C=O) groups excluding carboxylic acids is 1. The number of aryl methyl sites for hydroxylation is 2. The summed E-state index contributed by atoms with van der Waals surface area (Å²) >= 11 is 0. The van der Waals surface area contributed by atoms with Crippen molar-refractivity contribution in [3.05, 3.63) is 65.6 Å². The maximum atomic E-state index is 13.2. The molecule has 198 valence electrons. The first-order chi connectivity index (χ1) is 18.2. The van der Waals surface area contributed by atoms with Gasteiger partial charge in [0.1, 0.15) is 5.82 Å². The molecule has 4 aromatic rings. The van der Waals surface area contributed by atoms with Crippen molar-refractivity contribution < 1.29 is 9.18 Å². The van der Waals surface area contributed by atoms with E-state index in [-0.39, 0.29) is 18.1 Å². The normalized spacial score (nSPS) is 16.4. The highest BCUT2D eigenvalue weighted by atomic mass is 19.1. The zero-order valence-corrected chi connectivity index (χ0v) is 21.7. The molecule has 2 atom stereocenters. The Bertz CT molecular complexity index is 1420. The molecule has 0 bridgehead atoms. The van der Waals surface area contributed by atoms with Crippen molar-refractivity contribution in [2.45, 2.75) is 39.8 Å². The Kier molecular flexibility index (Phi) is 6.90. The molecule has 0 unspecified atom stereocenters. The molecular weight excluding hydrogens is 489 g/mol. The lowest BCUT2D eigenvalue weighted by Gasteiger charge is -2.40. The molecule has 5 heterocycles. The number of urea groups is 1. The molecule has 1 aliphatic rings. The fraction of sp³-hybridized carbons (Fsp3) is 0.360. The van der Waals surface area contributed by atoms with Crippen LogP contribution in [0.2, 0.25) is 0 Å². The predicted molar refractivity (Wildman–Crippen MR) is 140 cm³/mol. The molecule has 12 nitrogen and oxygen atoms in total. The summed E-state index contributed by atoms with van der Waals surface area (Å²) in [5.74, 6) is 2.04. The molecule has 4 aromatic heterocycles. The number of hydrogen-bond acceptors (Lipinski definition) is 8. The first-order valence-corrected chi connectivity index (χ1v) is 12.4. The number of rotatable bonds is 6. The number of amides is 2. The summed E-state index contributed by atoms with van der Waals surface area (Å²) in [7, 11) is 0. The molecule has 13 heteroatoms. The van der Waals surface area contributed by atoms with Crippen LogP contribution in [-0.4, -0.2) is 71.5 Å². The highest BCUT2D eigenvalue weighted by Gasteiger charge is 2.29. The molecule has 1 aliphatic heterocycles. The number of pyridine rings is 1. The van der Waals surface area contributed by atoms with E-state index >= 15 is 0 Å². The van der Waals surface area contributed by atoms with Crippen LogP contribution >= 0.6 is 0 Å². The van der Waals surface area contributed by atoms with E-state index in [0.717, 1.165) is 23.1 Å². The standard InChI is InChI=1S/C25H30FN11O/c1-15-9-21(31-22-10-16(2)33-34-22)32-24(29-15)36-8-7-35(13-17(36)3)25(38)30-18(4)19-5-6-23(27-11-19)37-14-20(26)12-28-37/h5-6,9-12,14,17-18H,7-8,13H2,1-4H3,(H,30,38)(H2,29,31,32,33,34)/t17-,18+/m1/s1. The third-order valence-electron chi connectivity index (χ3n) is 6.37. The molecule has 1 saturated heterocycles. The van der Waals surface area contributed by atoms with Crippen molar-refractivity contribution in [3.63, 3.8) is 0 Å². The Hall–Kier alpha value is -4.55.